The monoisotopic (exact) mass is 266 g/mol. The highest BCUT2D eigenvalue weighted by molar-refractivity contribution is 9.10. The van der Waals surface area contributed by atoms with Gasteiger partial charge in [-0.25, -0.2) is 9.78 Å². The minimum Gasteiger partial charge on any atom is -0.478 e. The summed E-state index contributed by atoms with van der Waals surface area (Å²) in [5.74, 6) is -0.947. The van der Waals surface area contributed by atoms with E-state index in [1.54, 1.807) is 35.4 Å². The van der Waals surface area contributed by atoms with Crippen molar-refractivity contribution in [2.45, 2.75) is 0 Å². The molecule has 1 aromatic heterocycles. The molecule has 0 atom stereocenters. The number of carboxylic acid groups (broad SMARTS) is 1. The number of imidazole rings is 1. The van der Waals surface area contributed by atoms with Crippen molar-refractivity contribution < 1.29 is 9.90 Å². The molecule has 0 aliphatic heterocycles. The second-order valence-electron chi connectivity index (χ2n) is 2.97. The van der Waals surface area contributed by atoms with Crippen molar-refractivity contribution in [2.75, 3.05) is 0 Å². The van der Waals surface area contributed by atoms with Gasteiger partial charge < -0.3 is 9.67 Å². The van der Waals surface area contributed by atoms with Gasteiger partial charge in [0, 0.05) is 22.6 Å². The van der Waals surface area contributed by atoms with Gasteiger partial charge >= 0.3 is 5.97 Å². The molecule has 1 N–H and O–H groups in total. The van der Waals surface area contributed by atoms with Crippen molar-refractivity contribution in [3.8, 4) is 5.69 Å². The Balaban J connectivity index is 2.54. The zero-order valence-corrected chi connectivity index (χ0v) is 9.18. The van der Waals surface area contributed by atoms with Crippen LogP contribution in [0.3, 0.4) is 0 Å². The second-order valence-corrected chi connectivity index (χ2v) is 3.89. The Bertz CT molecular complexity index is 494. The molecular weight excluding hydrogens is 260 g/mol. The minimum absolute atomic E-state index is 0.244. The first kappa shape index (κ1) is 9.92. The molecule has 2 aromatic rings. The Kier molecular flexibility index (Phi) is 2.55. The highest BCUT2D eigenvalue weighted by Gasteiger charge is 2.06. The number of carbonyl (C=O) groups is 1. The normalized spacial score (nSPS) is 10.2. The summed E-state index contributed by atoms with van der Waals surface area (Å²) < 4.78 is 2.48. The largest absolute Gasteiger partial charge is 0.478 e. The van der Waals surface area contributed by atoms with Gasteiger partial charge in [-0.3, -0.25) is 0 Å². The number of hydrogen-bond donors (Lipinski definition) is 1. The van der Waals surface area contributed by atoms with Gasteiger partial charge in [-0.1, -0.05) is 15.9 Å². The van der Waals surface area contributed by atoms with E-state index in [9.17, 15) is 4.79 Å². The van der Waals surface area contributed by atoms with Gasteiger partial charge in [-0.2, -0.15) is 0 Å². The molecule has 0 saturated heterocycles. The van der Waals surface area contributed by atoms with Crippen LogP contribution < -0.4 is 0 Å². The van der Waals surface area contributed by atoms with Crippen molar-refractivity contribution in [3.05, 3.63) is 47.0 Å². The van der Waals surface area contributed by atoms with Crippen LogP contribution in [0.2, 0.25) is 0 Å². The summed E-state index contributed by atoms with van der Waals surface area (Å²) in [6, 6.07) is 4.98. The molecule has 1 heterocycles. The van der Waals surface area contributed by atoms with E-state index in [-0.39, 0.29) is 5.56 Å². The van der Waals surface area contributed by atoms with Crippen LogP contribution in [0.5, 0.6) is 0 Å². The quantitative estimate of drug-likeness (QED) is 0.908. The van der Waals surface area contributed by atoms with Gasteiger partial charge in [0.1, 0.15) is 0 Å². The third-order valence-electron chi connectivity index (χ3n) is 1.93. The van der Waals surface area contributed by atoms with Crippen molar-refractivity contribution in [2.24, 2.45) is 0 Å². The molecule has 0 fully saturated rings. The number of carboxylic acids is 1. The van der Waals surface area contributed by atoms with Crippen LogP contribution in [-0.2, 0) is 0 Å². The number of rotatable bonds is 2. The molecule has 76 valence electrons. The average Bonchev–Trinajstić information content (AvgIpc) is 2.69. The number of aromatic carboxylic acids is 1. The molecule has 0 unspecified atom stereocenters. The second kappa shape index (κ2) is 3.86. The van der Waals surface area contributed by atoms with Gasteiger partial charge in [0.2, 0.25) is 0 Å². The lowest BCUT2D eigenvalue weighted by Gasteiger charge is -2.04. The molecule has 0 aliphatic carbocycles. The maximum absolute atomic E-state index is 10.8. The molecule has 0 spiro atoms. The van der Waals surface area contributed by atoms with Crippen LogP contribution in [0.15, 0.2) is 41.4 Å². The van der Waals surface area contributed by atoms with Gasteiger partial charge in [-0.05, 0) is 18.2 Å². The number of aromatic nitrogens is 2. The SMILES string of the molecule is O=C(O)c1cc(Br)cc(-n2ccnc2)c1. The van der Waals surface area contributed by atoms with E-state index in [4.69, 9.17) is 5.11 Å². The fourth-order valence-electron chi connectivity index (χ4n) is 1.26. The fourth-order valence-corrected chi connectivity index (χ4v) is 1.74. The molecule has 2 rings (SSSR count). The van der Waals surface area contributed by atoms with Crippen LogP contribution in [0.1, 0.15) is 10.4 Å². The number of benzene rings is 1. The summed E-state index contributed by atoms with van der Waals surface area (Å²) in [5.41, 5.74) is 1.01. The maximum Gasteiger partial charge on any atom is 0.335 e. The zero-order chi connectivity index (χ0) is 10.8. The summed E-state index contributed by atoms with van der Waals surface area (Å²) in [7, 11) is 0. The molecule has 0 radical (unpaired) electrons. The van der Waals surface area contributed by atoms with E-state index < -0.39 is 5.97 Å². The van der Waals surface area contributed by atoms with Gasteiger partial charge in [0.15, 0.2) is 0 Å². The predicted molar refractivity (Wildman–Crippen MR) is 58.2 cm³/mol. The molecule has 0 amide bonds. The standard InChI is InChI=1S/C10H7BrN2O2/c11-8-3-7(10(14)15)4-9(5-8)13-2-1-12-6-13/h1-6H,(H,14,15). The number of hydrogen-bond acceptors (Lipinski definition) is 2. The highest BCUT2D eigenvalue weighted by Crippen LogP contribution is 2.18. The van der Waals surface area contributed by atoms with Crippen LogP contribution in [-0.4, -0.2) is 20.6 Å². The molecule has 0 bridgehead atoms. The van der Waals surface area contributed by atoms with Crippen LogP contribution >= 0.6 is 15.9 Å². The third-order valence-corrected chi connectivity index (χ3v) is 2.39. The molecule has 0 saturated carbocycles. The van der Waals surface area contributed by atoms with E-state index in [1.807, 2.05) is 6.07 Å². The minimum atomic E-state index is -0.947. The van der Waals surface area contributed by atoms with E-state index in [1.165, 1.54) is 0 Å². The Morgan fingerprint density at radius 3 is 2.80 bits per heavy atom. The Morgan fingerprint density at radius 2 is 2.20 bits per heavy atom. The van der Waals surface area contributed by atoms with Crippen LogP contribution in [0.4, 0.5) is 0 Å². The first-order valence-corrected chi connectivity index (χ1v) is 4.98. The zero-order valence-electron chi connectivity index (χ0n) is 7.59. The summed E-state index contributed by atoms with van der Waals surface area (Å²) in [6.07, 6.45) is 5.02. The Hall–Kier alpha value is -1.62. The molecule has 1 aromatic carbocycles. The van der Waals surface area contributed by atoms with Gasteiger partial charge in [0.05, 0.1) is 11.9 Å². The topological polar surface area (TPSA) is 55.1 Å². The van der Waals surface area contributed by atoms with Crippen molar-refractivity contribution in [1.82, 2.24) is 9.55 Å². The van der Waals surface area contributed by atoms with E-state index in [2.05, 4.69) is 20.9 Å². The lowest BCUT2D eigenvalue weighted by atomic mass is 10.2. The fraction of sp³-hybridized carbons (Fsp3) is 0. The highest BCUT2D eigenvalue weighted by atomic mass is 79.9. The molecule has 4 nitrogen and oxygen atoms in total. The molecule has 15 heavy (non-hydrogen) atoms. The maximum atomic E-state index is 10.8. The molecular formula is C10H7BrN2O2. The lowest BCUT2D eigenvalue weighted by Crippen LogP contribution is -1.99. The van der Waals surface area contributed by atoms with Crippen LogP contribution in [0.25, 0.3) is 5.69 Å². The molecule has 0 aliphatic rings. The third kappa shape index (κ3) is 2.07. The van der Waals surface area contributed by atoms with Crippen molar-refractivity contribution >= 4 is 21.9 Å². The summed E-state index contributed by atoms with van der Waals surface area (Å²) >= 11 is 3.27. The van der Waals surface area contributed by atoms with Crippen LogP contribution in [0, 0.1) is 0 Å². The van der Waals surface area contributed by atoms with Crippen molar-refractivity contribution in [1.29, 1.82) is 0 Å². The van der Waals surface area contributed by atoms with E-state index in [0.29, 0.717) is 0 Å². The Labute approximate surface area is 94.3 Å². The molecule has 5 heteroatoms. The first-order valence-electron chi connectivity index (χ1n) is 4.19. The smallest absolute Gasteiger partial charge is 0.335 e. The summed E-state index contributed by atoms with van der Waals surface area (Å²) in [5, 5.41) is 8.89. The van der Waals surface area contributed by atoms with Gasteiger partial charge in [-0.15, -0.1) is 0 Å². The van der Waals surface area contributed by atoms with Crippen molar-refractivity contribution in [3.63, 3.8) is 0 Å². The average molecular weight is 267 g/mol. The first-order chi connectivity index (χ1) is 7.16. The van der Waals surface area contributed by atoms with E-state index in [0.717, 1.165) is 10.2 Å². The summed E-state index contributed by atoms with van der Waals surface area (Å²) in [6.45, 7) is 0. The Morgan fingerprint density at radius 1 is 1.40 bits per heavy atom. The lowest BCUT2D eigenvalue weighted by molar-refractivity contribution is 0.0697. The predicted octanol–water partition coefficient (Wildman–Crippen LogP) is 2.33. The number of nitrogens with zero attached hydrogens (tertiary/aromatic N) is 2. The summed E-state index contributed by atoms with van der Waals surface area (Å²) in [4.78, 5) is 14.7. The number of halogens is 1. The van der Waals surface area contributed by atoms with E-state index >= 15 is 0 Å². The van der Waals surface area contributed by atoms with Gasteiger partial charge in [0.25, 0.3) is 0 Å².